The van der Waals surface area contributed by atoms with Crippen LogP contribution in [0.4, 0.5) is 13.2 Å². The van der Waals surface area contributed by atoms with Crippen LogP contribution >= 0.6 is 0 Å². The lowest BCUT2D eigenvalue weighted by molar-refractivity contribution is -0.137. The molecule has 0 bridgehead atoms. The second-order valence-electron chi connectivity index (χ2n) is 7.92. The predicted molar refractivity (Wildman–Crippen MR) is 103 cm³/mol. The van der Waals surface area contributed by atoms with Crippen molar-refractivity contribution in [3.8, 4) is 0 Å². The first-order valence-electron chi connectivity index (χ1n) is 10.3. The summed E-state index contributed by atoms with van der Waals surface area (Å²) < 4.78 is 38.6. The molecule has 2 amide bonds. The lowest BCUT2D eigenvalue weighted by Gasteiger charge is -2.20. The second kappa shape index (κ2) is 9.61. The molecule has 1 aromatic carbocycles. The van der Waals surface area contributed by atoms with Crippen molar-refractivity contribution in [2.45, 2.75) is 44.8 Å². The fraction of sp³-hybridized carbons (Fsp3) is 0.619. The summed E-state index contributed by atoms with van der Waals surface area (Å²) in [6.45, 7) is 3.80. The van der Waals surface area contributed by atoms with Crippen LogP contribution in [0.25, 0.3) is 0 Å². The number of amides is 2. The van der Waals surface area contributed by atoms with Gasteiger partial charge in [-0.05, 0) is 43.6 Å². The van der Waals surface area contributed by atoms with Gasteiger partial charge in [0.25, 0.3) is 0 Å². The normalized spacial score (nSPS) is 21.3. The molecule has 2 saturated heterocycles. The Bertz CT molecular complexity index is 715. The second-order valence-corrected chi connectivity index (χ2v) is 7.92. The highest BCUT2D eigenvalue weighted by atomic mass is 19.4. The molecule has 0 aromatic heterocycles. The van der Waals surface area contributed by atoms with Crippen LogP contribution in [0.5, 0.6) is 0 Å². The van der Waals surface area contributed by atoms with Gasteiger partial charge in [0.2, 0.25) is 11.8 Å². The summed E-state index contributed by atoms with van der Waals surface area (Å²) in [7, 11) is 0. The third-order valence-corrected chi connectivity index (χ3v) is 5.64. The van der Waals surface area contributed by atoms with Gasteiger partial charge in [0.15, 0.2) is 0 Å². The summed E-state index contributed by atoms with van der Waals surface area (Å²) in [4.78, 5) is 28.5. The van der Waals surface area contributed by atoms with E-state index in [1.165, 1.54) is 36.6 Å². The van der Waals surface area contributed by atoms with Gasteiger partial charge in [-0.25, -0.2) is 0 Å². The lowest BCUT2D eigenvalue weighted by atomic mass is 10.1. The van der Waals surface area contributed by atoms with E-state index in [1.807, 2.05) is 0 Å². The van der Waals surface area contributed by atoms with E-state index in [-0.39, 0.29) is 31.3 Å². The van der Waals surface area contributed by atoms with Gasteiger partial charge >= 0.3 is 6.18 Å². The van der Waals surface area contributed by atoms with Crippen LogP contribution in [0.15, 0.2) is 24.3 Å². The van der Waals surface area contributed by atoms with Crippen LogP contribution in [0, 0.1) is 5.92 Å². The molecule has 2 aliphatic heterocycles. The molecule has 1 atom stereocenters. The zero-order valence-corrected chi connectivity index (χ0v) is 16.5. The first-order chi connectivity index (χ1) is 13.8. The van der Waals surface area contributed by atoms with Gasteiger partial charge in [-0.3, -0.25) is 9.59 Å². The third kappa shape index (κ3) is 6.19. The summed E-state index contributed by atoms with van der Waals surface area (Å²) >= 11 is 0. The van der Waals surface area contributed by atoms with Gasteiger partial charge in [0.05, 0.1) is 11.5 Å². The number of benzene rings is 1. The third-order valence-electron chi connectivity index (χ3n) is 5.64. The number of nitrogens with one attached hydrogen (secondary N) is 1. The first-order valence-corrected chi connectivity index (χ1v) is 10.3. The molecule has 0 saturated carbocycles. The molecule has 1 aromatic rings. The Morgan fingerprint density at radius 1 is 1.14 bits per heavy atom. The molecule has 29 heavy (non-hydrogen) atoms. The van der Waals surface area contributed by atoms with Crippen molar-refractivity contribution in [1.82, 2.24) is 15.1 Å². The highest BCUT2D eigenvalue weighted by Gasteiger charge is 2.35. The van der Waals surface area contributed by atoms with Gasteiger partial charge in [-0.2, -0.15) is 13.2 Å². The van der Waals surface area contributed by atoms with E-state index in [2.05, 4.69) is 10.2 Å². The van der Waals surface area contributed by atoms with Crippen molar-refractivity contribution in [3.05, 3.63) is 35.4 Å². The zero-order chi connectivity index (χ0) is 20.9. The Labute approximate surface area is 169 Å². The summed E-state index contributed by atoms with van der Waals surface area (Å²) in [5.41, 5.74) is -0.320. The highest BCUT2D eigenvalue weighted by Crippen LogP contribution is 2.30. The number of hydrogen-bond acceptors (Lipinski definition) is 3. The van der Waals surface area contributed by atoms with Crippen LogP contribution < -0.4 is 5.32 Å². The van der Waals surface area contributed by atoms with E-state index in [0.29, 0.717) is 12.1 Å². The minimum atomic E-state index is -4.42. The number of likely N-dealkylation sites (tertiary alicyclic amines) is 2. The SMILES string of the molecule is O=C(NCCN1CCCCCC1)C1CC(=O)N(Cc2cccc(C(F)(F)F)c2)C1. The number of carbonyl (C=O) groups excluding carboxylic acids is 2. The smallest absolute Gasteiger partial charge is 0.355 e. The average Bonchev–Trinajstić information content (AvgIpc) is 2.87. The summed E-state index contributed by atoms with van der Waals surface area (Å²) in [5, 5.41) is 2.92. The monoisotopic (exact) mass is 411 g/mol. The molecule has 1 N–H and O–H groups in total. The maximum Gasteiger partial charge on any atom is 0.416 e. The van der Waals surface area contributed by atoms with Crippen molar-refractivity contribution < 1.29 is 22.8 Å². The van der Waals surface area contributed by atoms with E-state index in [9.17, 15) is 22.8 Å². The Hall–Kier alpha value is -2.09. The van der Waals surface area contributed by atoms with Crippen LogP contribution in [0.3, 0.4) is 0 Å². The highest BCUT2D eigenvalue weighted by molar-refractivity contribution is 5.89. The van der Waals surface area contributed by atoms with Crippen molar-refractivity contribution in [2.24, 2.45) is 5.92 Å². The van der Waals surface area contributed by atoms with Crippen LogP contribution in [-0.2, 0) is 22.3 Å². The number of carbonyl (C=O) groups is 2. The minimum absolute atomic E-state index is 0.0836. The molecule has 0 radical (unpaired) electrons. The Morgan fingerprint density at radius 3 is 2.55 bits per heavy atom. The molecule has 5 nitrogen and oxygen atoms in total. The number of alkyl halides is 3. The Balaban J connectivity index is 1.47. The molecule has 8 heteroatoms. The van der Waals surface area contributed by atoms with E-state index in [1.54, 1.807) is 6.07 Å². The molecule has 2 aliphatic rings. The van der Waals surface area contributed by atoms with Gasteiger partial charge in [-0.15, -0.1) is 0 Å². The molecule has 2 fully saturated rings. The van der Waals surface area contributed by atoms with Crippen molar-refractivity contribution in [3.63, 3.8) is 0 Å². The molecule has 0 spiro atoms. The standard InChI is InChI=1S/C21H28F3N3O2/c22-21(23,24)18-7-5-6-16(12-18)14-27-15-17(13-19(27)28)20(29)25-8-11-26-9-3-1-2-4-10-26/h5-7,12,17H,1-4,8-11,13-15H2,(H,25,29). The first kappa shape index (κ1) is 21.6. The largest absolute Gasteiger partial charge is 0.416 e. The zero-order valence-electron chi connectivity index (χ0n) is 16.5. The lowest BCUT2D eigenvalue weighted by Crippen LogP contribution is -2.38. The van der Waals surface area contributed by atoms with Crippen LogP contribution in [0.1, 0.15) is 43.2 Å². The molecule has 0 aliphatic carbocycles. The molecular formula is C21H28F3N3O2. The molecular weight excluding hydrogens is 383 g/mol. The summed E-state index contributed by atoms with van der Waals surface area (Å²) in [5.74, 6) is -0.799. The van der Waals surface area contributed by atoms with Crippen LogP contribution in [-0.4, -0.2) is 54.3 Å². The topological polar surface area (TPSA) is 52.7 Å². The molecule has 2 heterocycles. The number of rotatable bonds is 6. The van der Waals surface area contributed by atoms with E-state index in [4.69, 9.17) is 0 Å². The van der Waals surface area contributed by atoms with E-state index < -0.39 is 17.7 Å². The molecule has 160 valence electrons. The average molecular weight is 411 g/mol. The number of hydrogen-bond donors (Lipinski definition) is 1. The minimum Gasteiger partial charge on any atom is -0.355 e. The molecule has 1 unspecified atom stereocenters. The number of nitrogens with zero attached hydrogens (tertiary/aromatic N) is 2. The predicted octanol–water partition coefficient (Wildman–Crippen LogP) is 3.05. The maximum atomic E-state index is 12.9. The Morgan fingerprint density at radius 2 is 1.86 bits per heavy atom. The van der Waals surface area contributed by atoms with Crippen LogP contribution in [0.2, 0.25) is 0 Å². The van der Waals surface area contributed by atoms with Crippen molar-refractivity contribution >= 4 is 11.8 Å². The Kier molecular flexibility index (Phi) is 7.16. The maximum absolute atomic E-state index is 12.9. The number of halogens is 3. The quantitative estimate of drug-likeness (QED) is 0.783. The van der Waals surface area contributed by atoms with E-state index >= 15 is 0 Å². The fourth-order valence-corrected chi connectivity index (χ4v) is 4.01. The van der Waals surface area contributed by atoms with Gasteiger partial charge in [-0.1, -0.05) is 25.0 Å². The molecule has 3 rings (SSSR count). The van der Waals surface area contributed by atoms with Gasteiger partial charge in [0.1, 0.15) is 0 Å². The fourth-order valence-electron chi connectivity index (χ4n) is 4.01. The van der Waals surface area contributed by atoms with E-state index in [0.717, 1.165) is 31.8 Å². The van der Waals surface area contributed by atoms with Gasteiger partial charge < -0.3 is 15.1 Å². The van der Waals surface area contributed by atoms with Gasteiger partial charge in [0, 0.05) is 32.6 Å². The summed E-state index contributed by atoms with van der Waals surface area (Å²) in [6, 6.07) is 4.97. The van der Waals surface area contributed by atoms with Crippen molar-refractivity contribution in [2.75, 3.05) is 32.7 Å². The van der Waals surface area contributed by atoms with Crippen molar-refractivity contribution in [1.29, 1.82) is 0 Å². The summed E-state index contributed by atoms with van der Waals surface area (Å²) in [6.07, 6.45) is 0.587.